The SMILES string of the molecule is COc1ccc(CN2CC[C@H]3CN(C(=O)C(C)(C)C)CC[C@@H]3CC2=O)cc1. The summed E-state index contributed by atoms with van der Waals surface area (Å²) in [7, 11) is 1.66. The Morgan fingerprint density at radius 1 is 1.11 bits per heavy atom. The third kappa shape index (κ3) is 4.63. The lowest BCUT2D eigenvalue weighted by atomic mass is 9.81. The van der Waals surface area contributed by atoms with Crippen LogP contribution in [-0.2, 0) is 16.1 Å². The Morgan fingerprint density at radius 3 is 2.41 bits per heavy atom. The van der Waals surface area contributed by atoms with Crippen LogP contribution in [0.2, 0.25) is 0 Å². The van der Waals surface area contributed by atoms with Crippen LogP contribution in [0, 0.1) is 17.3 Å². The lowest BCUT2D eigenvalue weighted by Gasteiger charge is -2.40. The van der Waals surface area contributed by atoms with Crippen molar-refractivity contribution < 1.29 is 14.3 Å². The molecule has 3 rings (SSSR count). The number of piperidine rings is 1. The quantitative estimate of drug-likeness (QED) is 0.818. The standard InChI is InChI=1S/C22H32N2O3/c1-22(2,3)21(26)24-12-9-17-13-20(25)23(11-10-18(17)15-24)14-16-5-7-19(27-4)8-6-16/h5-8,17-18H,9-15H2,1-4H3/t17-,18+/m1/s1. The zero-order chi connectivity index (χ0) is 19.6. The molecule has 0 unspecified atom stereocenters. The molecule has 1 aromatic rings. The number of likely N-dealkylation sites (tertiary alicyclic amines) is 2. The highest BCUT2D eigenvalue weighted by Gasteiger charge is 2.38. The molecule has 0 bridgehead atoms. The molecule has 5 heteroatoms. The van der Waals surface area contributed by atoms with Crippen LogP contribution in [0.4, 0.5) is 0 Å². The van der Waals surface area contributed by atoms with Crippen LogP contribution in [0.1, 0.15) is 45.6 Å². The van der Waals surface area contributed by atoms with Crippen molar-refractivity contribution in [3.8, 4) is 5.75 Å². The van der Waals surface area contributed by atoms with Gasteiger partial charge in [-0.3, -0.25) is 9.59 Å². The predicted octanol–water partition coefficient (Wildman–Crippen LogP) is 3.33. The van der Waals surface area contributed by atoms with E-state index in [4.69, 9.17) is 4.74 Å². The first kappa shape index (κ1) is 19.7. The van der Waals surface area contributed by atoms with E-state index in [-0.39, 0.29) is 17.2 Å². The van der Waals surface area contributed by atoms with E-state index >= 15 is 0 Å². The highest BCUT2D eigenvalue weighted by atomic mass is 16.5. The first-order chi connectivity index (χ1) is 12.8. The van der Waals surface area contributed by atoms with Gasteiger partial charge in [0, 0.05) is 38.0 Å². The molecule has 1 aromatic carbocycles. The second kappa shape index (κ2) is 7.91. The predicted molar refractivity (Wildman–Crippen MR) is 105 cm³/mol. The van der Waals surface area contributed by atoms with Crippen LogP contribution in [0.25, 0.3) is 0 Å². The second-order valence-corrected chi connectivity index (χ2v) is 8.97. The normalized spacial score (nSPS) is 23.6. The Morgan fingerprint density at radius 2 is 1.78 bits per heavy atom. The molecule has 148 valence electrons. The molecule has 27 heavy (non-hydrogen) atoms. The Bertz CT molecular complexity index is 678. The summed E-state index contributed by atoms with van der Waals surface area (Å²) in [6, 6.07) is 7.92. The lowest BCUT2D eigenvalue weighted by molar-refractivity contribution is -0.142. The topological polar surface area (TPSA) is 49.9 Å². The van der Waals surface area contributed by atoms with Crippen molar-refractivity contribution in [1.29, 1.82) is 0 Å². The molecule has 2 saturated heterocycles. The van der Waals surface area contributed by atoms with E-state index < -0.39 is 0 Å². The number of fused-ring (bicyclic) bond motifs is 1. The molecule has 2 atom stereocenters. The Kier molecular flexibility index (Phi) is 5.78. The maximum atomic E-state index is 12.8. The number of carbonyl (C=O) groups excluding carboxylic acids is 2. The number of benzene rings is 1. The minimum atomic E-state index is -0.339. The summed E-state index contributed by atoms with van der Waals surface area (Å²) in [4.78, 5) is 29.4. The van der Waals surface area contributed by atoms with Crippen molar-refractivity contribution in [2.75, 3.05) is 26.7 Å². The Labute approximate surface area is 162 Å². The molecule has 0 spiro atoms. The van der Waals surface area contributed by atoms with Gasteiger partial charge < -0.3 is 14.5 Å². The Balaban J connectivity index is 1.63. The molecule has 2 amide bonds. The highest BCUT2D eigenvalue weighted by Crippen LogP contribution is 2.34. The van der Waals surface area contributed by atoms with E-state index in [1.807, 2.05) is 54.8 Å². The molecule has 2 heterocycles. The van der Waals surface area contributed by atoms with Crippen LogP contribution in [0.3, 0.4) is 0 Å². The minimum absolute atomic E-state index is 0.228. The van der Waals surface area contributed by atoms with Gasteiger partial charge in [-0.05, 0) is 42.4 Å². The largest absolute Gasteiger partial charge is 0.497 e. The molecule has 0 aromatic heterocycles. The summed E-state index contributed by atoms with van der Waals surface area (Å²) in [6.07, 6.45) is 2.52. The van der Waals surface area contributed by atoms with Gasteiger partial charge >= 0.3 is 0 Å². The Hall–Kier alpha value is -2.04. The smallest absolute Gasteiger partial charge is 0.227 e. The summed E-state index contributed by atoms with van der Waals surface area (Å²) in [5.41, 5.74) is 0.784. The van der Waals surface area contributed by atoms with Gasteiger partial charge in [-0.25, -0.2) is 0 Å². The van der Waals surface area contributed by atoms with E-state index in [9.17, 15) is 9.59 Å². The van der Waals surface area contributed by atoms with E-state index in [1.54, 1.807) is 7.11 Å². The zero-order valence-corrected chi connectivity index (χ0v) is 17.0. The van der Waals surface area contributed by atoms with E-state index in [0.717, 1.165) is 43.8 Å². The summed E-state index contributed by atoms with van der Waals surface area (Å²) in [6.45, 7) is 8.93. The molecule has 0 radical (unpaired) electrons. The highest BCUT2D eigenvalue weighted by molar-refractivity contribution is 5.81. The number of rotatable bonds is 3. The maximum Gasteiger partial charge on any atom is 0.227 e. The fourth-order valence-electron chi connectivity index (χ4n) is 4.25. The number of hydrogen-bond acceptors (Lipinski definition) is 3. The van der Waals surface area contributed by atoms with Gasteiger partial charge in [0.2, 0.25) is 11.8 Å². The van der Waals surface area contributed by atoms with Crippen LogP contribution >= 0.6 is 0 Å². The van der Waals surface area contributed by atoms with Crippen molar-refractivity contribution in [2.24, 2.45) is 17.3 Å². The summed E-state index contributed by atoms with van der Waals surface area (Å²) in [5.74, 6) is 2.13. The second-order valence-electron chi connectivity index (χ2n) is 8.97. The van der Waals surface area contributed by atoms with Gasteiger partial charge in [-0.15, -0.1) is 0 Å². The summed E-state index contributed by atoms with van der Waals surface area (Å²) >= 11 is 0. The maximum absolute atomic E-state index is 12.8. The fraction of sp³-hybridized carbons (Fsp3) is 0.636. The van der Waals surface area contributed by atoms with E-state index in [0.29, 0.717) is 24.8 Å². The average molecular weight is 373 g/mol. The average Bonchev–Trinajstić information content (AvgIpc) is 2.79. The molecular formula is C22H32N2O3. The molecule has 0 aliphatic carbocycles. The number of amides is 2. The van der Waals surface area contributed by atoms with Crippen LogP contribution in [-0.4, -0.2) is 48.4 Å². The van der Waals surface area contributed by atoms with Gasteiger partial charge in [0.15, 0.2) is 0 Å². The molecule has 2 aliphatic rings. The van der Waals surface area contributed by atoms with Crippen LogP contribution < -0.4 is 4.74 Å². The van der Waals surface area contributed by atoms with Crippen molar-refractivity contribution >= 4 is 11.8 Å². The zero-order valence-electron chi connectivity index (χ0n) is 17.0. The number of methoxy groups -OCH3 is 1. The first-order valence-corrected chi connectivity index (χ1v) is 9.98. The molecule has 0 N–H and O–H groups in total. The van der Waals surface area contributed by atoms with Crippen molar-refractivity contribution in [3.05, 3.63) is 29.8 Å². The molecular weight excluding hydrogens is 340 g/mol. The van der Waals surface area contributed by atoms with Crippen LogP contribution in [0.15, 0.2) is 24.3 Å². The monoisotopic (exact) mass is 372 g/mol. The summed E-state index contributed by atoms with van der Waals surface area (Å²) < 4.78 is 5.20. The third-order valence-corrected chi connectivity index (χ3v) is 5.91. The molecule has 2 fully saturated rings. The van der Waals surface area contributed by atoms with Crippen molar-refractivity contribution in [1.82, 2.24) is 9.80 Å². The fourth-order valence-corrected chi connectivity index (χ4v) is 4.25. The van der Waals surface area contributed by atoms with Crippen LogP contribution in [0.5, 0.6) is 5.75 Å². The number of ether oxygens (including phenoxy) is 1. The molecule has 0 saturated carbocycles. The van der Waals surface area contributed by atoms with E-state index in [2.05, 4.69) is 0 Å². The summed E-state index contributed by atoms with van der Waals surface area (Å²) in [5, 5.41) is 0. The van der Waals surface area contributed by atoms with Gasteiger partial charge in [-0.1, -0.05) is 32.9 Å². The third-order valence-electron chi connectivity index (χ3n) is 5.91. The van der Waals surface area contributed by atoms with Gasteiger partial charge in [0.1, 0.15) is 5.75 Å². The first-order valence-electron chi connectivity index (χ1n) is 9.98. The van der Waals surface area contributed by atoms with Gasteiger partial charge in [-0.2, -0.15) is 0 Å². The molecule has 5 nitrogen and oxygen atoms in total. The minimum Gasteiger partial charge on any atom is -0.497 e. The van der Waals surface area contributed by atoms with Crippen molar-refractivity contribution in [2.45, 2.75) is 46.6 Å². The van der Waals surface area contributed by atoms with E-state index in [1.165, 1.54) is 0 Å². The lowest BCUT2D eigenvalue weighted by Crippen LogP contribution is -2.47. The number of carbonyl (C=O) groups is 2. The van der Waals surface area contributed by atoms with Crippen molar-refractivity contribution in [3.63, 3.8) is 0 Å². The number of nitrogens with zero attached hydrogens (tertiary/aromatic N) is 2. The van der Waals surface area contributed by atoms with Gasteiger partial charge in [0.25, 0.3) is 0 Å². The number of hydrogen-bond donors (Lipinski definition) is 0. The van der Waals surface area contributed by atoms with Gasteiger partial charge in [0.05, 0.1) is 7.11 Å². The molecule has 2 aliphatic heterocycles.